The van der Waals surface area contributed by atoms with Crippen molar-refractivity contribution < 1.29 is 9.59 Å². The van der Waals surface area contributed by atoms with E-state index in [9.17, 15) is 9.59 Å². The number of amides is 2. The number of carbonyl (C=O) groups excluding carboxylic acids is 2. The Balaban J connectivity index is 2.85. The molecule has 18 heavy (non-hydrogen) atoms. The second kappa shape index (κ2) is 6.95. The number of hydrazone groups is 2. The molecule has 6 nitrogen and oxygen atoms in total. The van der Waals surface area contributed by atoms with Gasteiger partial charge < -0.3 is 0 Å². The number of benzene rings is 1. The van der Waals surface area contributed by atoms with E-state index in [2.05, 4.69) is 21.1 Å². The van der Waals surface area contributed by atoms with E-state index in [-0.39, 0.29) is 11.8 Å². The molecule has 0 aliphatic rings. The van der Waals surface area contributed by atoms with Crippen LogP contribution in [0, 0.1) is 0 Å². The third-order valence-electron chi connectivity index (χ3n) is 1.98. The van der Waals surface area contributed by atoms with Gasteiger partial charge in [0, 0.05) is 23.6 Å². The van der Waals surface area contributed by atoms with Crippen LogP contribution in [-0.4, -0.2) is 24.2 Å². The molecule has 1 rings (SSSR count). The van der Waals surface area contributed by atoms with Gasteiger partial charge in [-0.2, -0.15) is 10.2 Å². The predicted octanol–water partition coefficient (Wildman–Crippen LogP) is 1.16. The van der Waals surface area contributed by atoms with E-state index in [1.807, 2.05) is 0 Å². The van der Waals surface area contributed by atoms with Crippen LogP contribution in [-0.2, 0) is 0 Å². The molecule has 0 saturated heterocycles. The maximum atomic E-state index is 11.6. The minimum Gasteiger partial charge on any atom is -0.267 e. The monoisotopic (exact) mass is 246 g/mol. The summed E-state index contributed by atoms with van der Waals surface area (Å²) in [6, 6.07) is 6.29. The van der Waals surface area contributed by atoms with Crippen molar-refractivity contribution in [2.75, 3.05) is 0 Å². The van der Waals surface area contributed by atoms with Gasteiger partial charge in [0.25, 0.3) is 11.8 Å². The molecule has 0 heterocycles. The number of rotatable bonds is 4. The van der Waals surface area contributed by atoms with Crippen LogP contribution in [0.4, 0.5) is 0 Å². The first-order valence-electron chi connectivity index (χ1n) is 5.35. The van der Waals surface area contributed by atoms with E-state index in [1.54, 1.807) is 32.0 Å². The molecule has 0 saturated carbocycles. The lowest BCUT2D eigenvalue weighted by Gasteiger charge is -2.03. The van der Waals surface area contributed by atoms with Crippen LogP contribution >= 0.6 is 0 Å². The molecule has 6 heteroatoms. The van der Waals surface area contributed by atoms with Gasteiger partial charge in [-0.15, -0.1) is 0 Å². The highest BCUT2D eigenvalue weighted by Crippen LogP contribution is 2.05. The molecule has 1 aromatic carbocycles. The second-order valence-corrected chi connectivity index (χ2v) is 3.24. The number of hydrogen-bond acceptors (Lipinski definition) is 4. The minimum atomic E-state index is -0.373. The van der Waals surface area contributed by atoms with Crippen LogP contribution in [0.25, 0.3) is 0 Å². The minimum absolute atomic E-state index is 0.355. The molecule has 0 aliphatic heterocycles. The maximum Gasteiger partial charge on any atom is 0.271 e. The topological polar surface area (TPSA) is 82.9 Å². The predicted molar refractivity (Wildman–Crippen MR) is 69.7 cm³/mol. The summed E-state index contributed by atoms with van der Waals surface area (Å²) in [4.78, 5) is 23.2. The molecular weight excluding hydrogens is 232 g/mol. The Kier molecular flexibility index (Phi) is 5.24. The van der Waals surface area contributed by atoms with Gasteiger partial charge in [0.2, 0.25) is 0 Å². The molecule has 0 aliphatic carbocycles. The largest absolute Gasteiger partial charge is 0.271 e. The Morgan fingerprint density at radius 2 is 1.44 bits per heavy atom. The molecule has 0 atom stereocenters. The molecule has 0 radical (unpaired) electrons. The highest BCUT2D eigenvalue weighted by molar-refractivity contribution is 5.99. The zero-order valence-electron chi connectivity index (χ0n) is 10.2. The molecule has 0 fully saturated rings. The fraction of sp³-hybridized carbons (Fsp3) is 0.167. The molecule has 0 bridgehead atoms. The quantitative estimate of drug-likeness (QED) is 0.617. The molecule has 0 spiro atoms. The first-order valence-corrected chi connectivity index (χ1v) is 5.35. The van der Waals surface area contributed by atoms with Crippen LogP contribution in [0.3, 0.4) is 0 Å². The number of hydrogen-bond donors (Lipinski definition) is 2. The van der Waals surface area contributed by atoms with Gasteiger partial charge in [0.1, 0.15) is 0 Å². The Morgan fingerprint density at radius 1 is 1.00 bits per heavy atom. The number of carbonyl (C=O) groups is 2. The lowest BCUT2D eigenvalue weighted by Crippen LogP contribution is -2.20. The van der Waals surface area contributed by atoms with Gasteiger partial charge in [0.15, 0.2) is 0 Å². The van der Waals surface area contributed by atoms with Gasteiger partial charge >= 0.3 is 0 Å². The summed E-state index contributed by atoms with van der Waals surface area (Å²) in [5.41, 5.74) is 5.36. The van der Waals surface area contributed by atoms with E-state index in [4.69, 9.17) is 0 Å². The third kappa shape index (κ3) is 3.82. The molecule has 0 unspecified atom stereocenters. The zero-order valence-corrected chi connectivity index (χ0v) is 10.2. The fourth-order valence-corrected chi connectivity index (χ4v) is 1.18. The SMILES string of the molecule is C/C=N\NC(=O)c1cccc(C(=O)N/N=C\C)c1. The summed E-state index contributed by atoms with van der Waals surface area (Å²) in [7, 11) is 0. The Morgan fingerprint density at radius 3 is 1.83 bits per heavy atom. The standard InChI is InChI=1S/C12H14N4O2/c1-3-13-15-11(17)9-6-5-7-10(8-9)12(18)16-14-4-2/h3-8H,1-2H3,(H,15,17)(H,16,18)/b13-3-,14-4-. The van der Waals surface area contributed by atoms with Gasteiger partial charge in [-0.25, -0.2) is 10.9 Å². The van der Waals surface area contributed by atoms with Crippen LogP contribution in [0.1, 0.15) is 34.6 Å². The summed E-state index contributed by atoms with van der Waals surface area (Å²) in [6.45, 7) is 3.37. The van der Waals surface area contributed by atoms with E-state index < -0.39 is 0 Å². The highest BCUT2D eigenvalue weighted by atomic mass is 16.2. The van der Waals surface area contributed by atoms with Crippen molar-refractivity contribution in [3.05, 3.63) is 35.4 Å². The zero-order chi connectivity index (χ0) is 13.4. The molecular formula is C12H14N4O2. The smallest absolute Gasteiger partial charge is 0.267 e. The van der Waals surface area contributed by atoms with E-state index in [1.165, 1.54) is 18.5 Å². The summed E-state index contributed by atoms with van der Waals surface area (Å²) in [5, 5.41) is 7.25. The van der Waals surface area contributed by atoms with Crippen LogP contribution in [0.15, 0.2) is 34.5 Å². The Bertz CT molecular complexity index is 453. The Hall–Kier alpha value is -2.50. The van der Waals surface area contributed by atoms with Crippen molar-refractivity contribution in [2.24, 2.45) is 10.2 Å². The summed E-state index contributed by atoms with van der Waals surface area (Å²) < 4.78 is 0. The van der Waals surface area contributed by atoms with Gasteiger partial charge in [0.05, 0.1) is 0 Å². The van der Waals surface area contributed by atoms with Gasteiger partial charge in [-0.05, 0) is 32.0 Å². The van der Waals surface area contributed by atoms with E-state index >= 15 is 0 Å². The maximum absolute atomic E-state index is 11.6. The van der Waals surface area contributed by atoms with Crippen LogP contribution in [0.2, 0.25) is 0 Å². The first-order chi connectivity index (χ1) is 8.69. The number of nitrogens with one attached hydrogen (secondary N) is 2. The summed E-state index contributed by atoms with van der Waals surface area (Å²) >= 11 is 0. The molecule has 94 valence electrons. The normalized spacial score (nSPS) is 10.8. The summed E-state index contributed by atoms with van der Waals surface area (Å²) in [6.07, 6.45) is 2.93. The molecule has 2 N–H and O–H groups in total. The van der Waals surface area contributed by atoms with Crippen molar-refractivity contribution in [3.63, 3.8) is 0 Å². The van der Waals surface area contributed by atoms with Crippen molar-refractivity contribution in [1.82, 2.24) is 10.9 Å². The van der Waals surface area contributed by atoms with E-state index in [0.717, 1.165) is 0 Å². The van der Waals surface area contributed by atoms with Crippen molar-refractivity contribution in [2.45, 2.75) is 13.8 Å². The van der Waals surface area contributed by atoms with Crippen molar-refractivity contribution in [3.8, 4) is 0 Å². The summed E-state index contributed by atoms with van der Waals surface area (Å²) in [5.74, 6) is -0.747. The van der Waals surface area contributed by atoms with Crippen molar-refractivity contribution >= 4 is 24.2 Å². The Labute approximate surface area is 105 Å². The van der Waals surface area contributed by atoms with Gasteiger partial charge in [-0.3, -0.25) is 9.59 Å². The van der Waals surface area contributed by atoms with Crippen LogP contribution < -0.4 is 10.9 Å². The average Bonchev–Trinajstić information content (AvgIpc) is 2.42. The first kappa shape index (κ1) is 13.6. The second-order valence-electron chi connectivity index (χ2n) is 3.24. The number of nitrogens with zero attached hydrogens (tertiary/aromatic N) is 2. The lowest BCUT2D eigenvalue weighted by atomic mass is 10.1. The third-order valence-corrected chi connectivity index (χ3v) is 1.98. The van der Waals surface area contributed by atoms with Gasteiger partial charge in [-0.1, -0.05) is 6.07 Å². The van der Waals surface area contributed by atoms with Crippen molar-refractivity contribution in [1.29, 1.82) is 0 Å². The van der Waals surface area contributed by atoms with Crippen LogP contribution in [0.5, 0.6) is 0 Å². The molecule has 1 aromatic rings. The highest BCUT2D eigenvalue weighted by Gasteiger charge is 2.09. The average molecular weight is 246 g/mol. The molecule has 0 aromatic heterocycles. The fourth-order valence-electron chi connectivity index (χ4n) is 1.18. The molecule has 2 amide bonds. The van der Waals surface area contributed by atoms with E-state index in [0.29, 0.717) is 11.1 Å². The lowest BCUT2D eigenvalue weighted by molar-refractivity contribution is 0.0954.